The molecule has 0 saturated carbocycles. The maximum Gasteiger partial charge on any atom is 0.203 e. The van der Waals surface area contributed by atoms with Crippen molar-refractivity contribution in [2.45, 2.75) is 26.5 Å². The van der Waals surface area contributed by atoms with Crippen LogP contribution in [0.4, 0.5) is 0 Å². The summed E-state index contributed by atoms with van der Waals surface area (Å²) in [7, 11) is 3.30. The van der Waals surface area contributed by atoms with E-state index in [1.54, 1.807) is 14.2 Å². The summed E-state index contributed by atoms with van der Waals surface area (Å²) >= 11 is 0. The number of nitrogens with zero attached hydrogens (tertiary/aromatic N) is 1. The molecule has 1 aliphatic heterocycles. The van der Waals surface area contributed by atoms with Crippen LogP contribution in [-0.4, -0.2) is 51.4 Å². The highest BCUT2D eigenvalue weighted by molar-refractivity contribution is 5.55. The third-order valence-corrected chi connectivity index (χ3v) is 3.54. The van der Waals surface area contributed by atoms with Gasteiger partial charge in [-0.3, -0.25) is 4.90 Å². The summed E-state index contributed by atoms with van der Waals surface area (Å²) in [6, 6.07) is 4.02. The predicted octanol–water partition coefficient (Wildman–Crippen LogP) is 1.90. The van der Waals surface area contributed by atoms with Crippen LogP contribution < -0.4 is 19.5 Å². The van der Waals surface area contributed by atoms with Gasteiger partial charge in [0.15, 0.2) is 11.5 Å². The summed E-state index contributed by atoms with van der Waals surface area (Å²) in [5.41, 5.74) is 1.14. The van der Waals surface area contributed by atoms with E-state index in [1.807, 2.05) is 19.9 Å². The van der Waals surface area contributed by atoms with Crippen LogP contribution >= 0.6 is 0 Å². The SMILES string of the molecule is COc1ccc(CN2CCNCC2)c(OC(C)C)c1OC. The molecule has 21 heavy (non-hydrogen) atoms. The van der Waals surface area contributed by atoms with Gasteiger partial charge in [-0.1, -0.05) is 6.07 Å². The van der Waals surface area contributed by atoms with Crippen LogP contribution in [0, 0.1) is 0 Å². The van der Waals surface area contributed by atoms with Crippen molar-refractivity contribution in [2.24, 2.45) is 0 Å². The lowest BCUT2D eigenvalue weighted by atomic mass is 10.1. The number of hydrogen-bond acceptors (Lipinski definition) is 5. The third-order valence-electron chi connectivity index (χ3n) is 3.54. The molecule has 1 heterocycles. The summed E-state index contributed by atoms with van der Waals surface area (Å²) < 4.78 is 16.9. The number of ether oxygens (including phenoxy) is 3. The van der Waals surface area contributed by atoms with Gasteiger partial charge < -0.3 is 19.5 Å². The molecule has 0 aromatic heterocycles. The molecule has 1 aliphatic rings. The molecule has 0 amide bonds. The zero-order valence-electron chi connectivity index (χ0n) is 13.4. The molecule has 0 aliphatic carbocycles. The summed E-state index contributed by atoms with van der Waals surface area (Å²) in [5.74, 6) is 2.18. The van der Waals surface area contributed by atoms with Gasteiger partial charge in [0.1, 0.15) is 0 Å². The molecule has 1 saturated heterocycles. The smallest absolute Gasteiger partial charge is 0.203 e. The van der Waals surface area contributed by atoms with Gasteiger partial charge in [-0.25, -0.2) is 0 Å². The lowest BCUT2D eigenvalue weighted by molar-refractivity contribution is 0.206. The van der Waals surface area contributed by atoms with Gasteiger partial charge in [-0.05, 0) is 19.9 Å². The highest BCUT2D eigenvalue weighted by atomic mass is 16.5. The second-order valence-electron chi connectivity index (χ2n) is 5.48. The number of rotatable bonds is 6. The molecule has 5 heteroatoms. The number of methoxy groups -OCH3 is 2. The quantitative estimate of drug-likeness (QED) is 0.868. The molecule has 2 rings (SSSR count). The minimum absolute atomic E-state index is 0.0905. The summed E-state index contributed by atoms with van der Waals surface area (Å²) in [5, 5.41) is 3.37. The van der Waals surface area contributed by atoms with Gasteiger partial charge in [-0.15, -0.1) is 0 Å². The molecule has 0 radical (unpaired) electrons. The van der Waals surface area contributed by atoms with E-state index >= 15 is 0 Å². The molecule has 1 N–H and O–H groups in total. The molecule has 0 unspecified atom stereocenters. The van der Waals surface area contributed by atoms with Crippen molar-refractivity contribution < 1.29 is 14.2 Å². The molecule has 1 fully saturated rings. The number of benzene rings is 1. The monoisotopic (exact) mass is 294 g/mol. The van der Waals surface area contributed by atoms with Crippen molar-refractivity contribution >= 4 is 0 Å². The molecule has 5 nitrogen and oxygen atoms in total. The Morgan fingerprint density at radius 1 is 1.10 bits per heavy atom. The van der Waals surface area contributed by atoms with Crippen LogP contribution in [-0.2, 0) is 6.54 Å². The standard InChI is InChI=1S/C16H26N2O3/c1-12(2)21-15-13(11-18-9-7-17-8-10-18)5-6-14(19-3)16(15)20-4/h5-6,12,17H,7-11H2,1-4H3. The zero-order chi connectivity index (χ0) is 15.2. The summed E-state index contributed by atoms with van der Waals surface area (Å²) in [6.45, 7) is 9.08. The lowest BCUT2D eigenvalue weighted by Crippen LogP contribution is -2.42. The van der Waals surface area contributed by atoms with Crippen molar-refractivity contribution in [2.75, 3.05) is 40.4 Å². The van der Waals surface area contributed by atoms with E-state index in [0.29, 0.717) is 11.5 Å². The molecule has 118 valence electrons. The van der Waals surface area contributed by atoms with Crippen LogP contribution in [0.5, 0.6) is 17.2 Å². The van der Waals surface area contributed by atoms with Gasteiger partial charge in [0, 0.05) is 38.3 Å². The minimum Gasteiger partial charge on any atom is -0.493 e. The third kappa shape index (κ3) is 4.02. The first-order valence-electron chi connectivity index (χ1n) is 7.49. The normalized spacial score (nSPS) is 16.0. The number of piperazine rings is 1. The van der Waals surface area contributed by atoms with Crippen molar-refractivity contribution in [1.82, 2.24) is 10.2 Å². The predicted molar refractivity (Wildman–Crippen MR) is 83.5 cm³/mol. The Morgan fingerprint density at radius 3 is 2.38 bits per heavy atom. The fourth-order valence-electron chi connectivity index (χ4n) is 2.54. The fourth-order valence-corrected chi connectivity index (χ4v) is 2.54. The molecule has 0 spiro atoms. The van der Waals surface area contributed by atoms with Crippen molar-refractivity contribution in [3.8, 4) is 17.2 Å². The number of nitrogens with one attached hydrogen (secondary N) is 1. The average Bonchev–Trinajstić information content (AvgIpc) is 2.49. The van der Waals surface area contributed by atoms with E-state index in [-0.39, 0.29) is 6.10 Å². The van der Waals surface area contributed by atoms with E-state index < -0.39 is 0 Å². The highest BCUT2D eigenvalue weighted by Crippen LogP contribution is 2.41. The Bertz CT molecular complexity index is 457. The summed E-state index contributed by atoms with van der Waals surface area (Å²) in [4.78, 5) is 2.42. The molecular weight excluding hydrogens is 268 g/mol. The van der Waals surface area contributed by atoms with E-state index in [4.69, 9.17) is 14.2 Å². The molecule has 0 atom stereocenters. The maximum absolute atomic E-state index is 6.00. The Kier molecular flexibility index (Phi) is 5.70. The van der Waals surface area contributed by atoms with Gasteiger partial charge in [0.25, 0.3) is 0 Å². The van der Waals surface area contributed by atoms with Gasteiger partial charge in [0.05, 0.1) is 20.3 Å². The van der Waals surface area contributed by atoms with Gasteiger partial charge in [-0.2, -0.15) is 0 Å². The van der Waals surface area contributed by atoms with Crippen LogP contribution in [0.15, 0.2) is 12.1 Å². The first kappa shape index (κ1) is 15.9. The second-order valence-corrected chi connectivity index (χ2v) is 5.48. The minimum atomic E-state index is 0.0905. The topological polar surface area (TPSA) is 43.0 Å². The van der Waals surface area contributed by atoms with Crippen LogP contribution in [0.2, 0.25) is 0 Å². The summed E-state index contributed by atoms with van der Waals surface area (Å²) in [6.07, 6.45) is 0.0905. The highest BCUT2D eigenvalue weighted by Gasteiger charge is 2.20. The zero-order valence-corrected chi connectivity index (χ0v) is 13.4. The van der Waals surface area contributed by atoms with E-state index in [1.165, 1.54) is 0 Å². The first-order valence-corrected chi connectivity index (χ1v) is 7.49. The van der Waals surface area contributed by atoms with Crippen molar-refractivity contribution in [1.29, 1.82) is 0 Å². The lowest BCUT2D eigenvalue weighted by Gasteiger charge is -2.28. The Labute approximate surface area is 127 Å². The molecular formula is C16H26N2O3. The largest absolute Gasteiger partial charge is 0.493 e. The molecule has 1 aromatic carbocycles. The maximum atomic E-state index is 6.00. The molecule has 1 aromatic rings. The van der Waals surface area contributed by atoms with Crippen molar-refractivity contribution in [3.63, 3.8) is 0 Å². The number of hydrogen-bond donors (Lipinski definition) is 1. The van der Waals surface area contributed by atoms with Crippen LogP contribution in [0.25, 0.3) is 0 Å². The van der Waals surface area contributed by atoms with E-state index in [9.17, 15) is 0 Å². The first-order chi connectivity index (χ1) is 10.2. The van der Waals surface area contributed by atoms with Gasteiger partial charge >= 0.3 is 0 Å². The Hall–Kier alpha value is -1.46. The average molecular weight is 294 g/mol. The Morgan fingerprint density at radius 2 is 1.81 bits per heavy atom. The van der Waals surface area contributed by atoms with Gasteiger partial charge in [0.2, 0.25) is 5.75 Å². The Balaban J connectivity index is 2.29. The van der Waals surface area contributed by atoms with Crippen LogP contribution in [0.3, 0.4) is 0 Å². The second kappa shape index (κ2) is 7.52. The van der Waals surface area contributed by atoms with Crippen molar-refractivity contribution in [3.05, 3.63) is 17.7 Å². The van der Waals surface area contributed by atoms with E-state index in [0.717, 1.165) is 44.0 Å². The molecule has 0 bridgehead atoms. The fraction of sp³-hybridized carbons (Fsp3) is 0.625. The van der Waals surface area contributed by atoms with E-state index in [2.05, 4.69) is 16.3 Å². The van der Waals surface area contributed by atoms with Crippen LogP contribution in [0.1, 0.15) is 19.4 Å².